The van der Waals surface area contributed by atoms with Crippen molar-refractivity contribution in [1.82, 2.24) is 9.80 Å². The van der Waals surface area contributed by atoms with Gasteiger partial charge < -0.3 is 15.7 Å². The van der Waals surface area contributed by atoms with Crippen LogP contribution in [0.15, 0.2) is 24.3 Å². The van der Waals surface area contributed by atoms with E-state index >= 15 is 0 Å². The van der Waals surface area contributed by atoms with Gasteiger partial charge in [-0.2, -0.15) is 0 Å². The number of amides is 1. The maximum atomic E-state index is 12.2. The Morgan fingerprint density at radius 1 is 1.13 bits per heavy atom. The molecule has 5 heteroatoms. The highest BCUT2D eigenvalue weighted by Gasteiger charge is 2.35. The van der Waals surface area contributed by atoms with Gasteiger partial charge in [-0.3, -0.25) is 9.69 Å². The molecule has 0 unspecified atom stereocenters. The molecule has 3 rings (SSSR count). The summed E-state index contributed by atoms with van der Waals surface area (Å²) in [6, 6.07) is 8.52. The van der Waals surface area contributed by atoms with Crippen LogP contribution in [0.4, 0.5) is 0 Å². The Kier molecular flexibility index (Phi) is 5.30. The van der Waals surface area contributed by atoms with Crippen LogP contribution >= 0.6 is 0 Å². The monoisotopic (exact) mass is 317 g/mol. The van der Waals surface area contributed by atoms with E-state index in [0.29, 0.717) is 19.6 Å². The summed E-state index contributed by atoms with van der Waals surface area (Å²) >= 11 is 0. The topological polar surface area (TPSA) is 69.8 Å². The molecule has 5 nitrogen and oxygen atoms in total. The molecule has 0 radical (unpaired) electrons. The zero-order valence-electron chi connectivity index (χ0n) is 13.7. The third kappa shape index (κ3) is 4.53. The molecule has 2 fully saturated rings. The van der Waals surface area contributed by atoms with Crippen molar-refractivity contribution < 1.29 is 9.90 Å². The molecular formula is C18H27N3O2. The highest BCUT2D eigenvalue weighted by Crippen LogP contribution is 2.31. The van der Waals surface area contributed by atoms with Crippen molar-refractivity contribution in [1.29, 1.82) is 0 Å². The number of nitrogens with zero attached hydrogens (tertiary/aromatic N) is 2. The van der Waals surface area contributed by atoms with Gasteiger partial charge >= 0.3 is 0 Å². The summed E-state index contributed by atoms with van der Waals surface area (Å²) in [6.07, 6.45) is 2.48. The summed E-state index contributed by atoms with van der Waals surface area (Å²) in [5.74, 6) is 0.459. The van der Waals surface area contributed by atoms with E-state index in [2.05, 4.69) is 29.2 Å². The molecule has 1 heterocycles. The molecule has 1 aromatic carbocycles. The quantitative estimate of drug-likeness (QED) is 0.834. The number of β-amino-alcohol motifs (C(OH)–C–C–N with tert-alkyl or cyclic N) is 1. The molecule has 0 aromatic heterocycles. The zero-order chi connectivity index (χ0) is 16.2. The lowest BCUT2D eigenvalue weighted by atomic mass is 10.1. The van der Waals surface area contributed by atoms with E-state index in [1.54, 1.807) is 0 Å². The van der Waals surface area contributed by atoms with Gasteiger partial charge in [0.1, 0.15) is 0 Å². The maximum absolute atomic E-state index is 12.2. The third-order valence-electron chi connectivity index (χ3n) is 4.69. The summed E-state index contributed by atoms with van der Waals surface area (Å²) < 4.78 is 0. The number of benzene rings is 1. The average molecular weight is 317 g/mol. The smallest absolute Gasteiger partial charge is 0.225 e. The van der Waals surface area contributed by atoms with Crippen molar-refractivity contribution in [2.24, 2.45) is 11.7 Å². The number of carbonyl (C=O) groups is 1. The number of carbonyl (C=O) groups excluding carboxylic acids is 1. The van der Waals surface area contributed by atoms with Gasteiger partial charge in [0.2, 0.25) is 5.91 Å². The first-order valence-corrected chi connectivity index (χ1v) is 8.63. The summed E-state index contributed by atoms with van der Waals surface area (Å²) in [7, 11) is 0. The predicted octanol–water partition coefficient (Wildman–Crippen LogP) is 0.603. The first-order chi connectivity index (χ1) is 11.2. The summed E-state index contributed by atoms with van der Waals surface area (Å²) in [4.78, 5) is 16.3. The van der Waals surface area contributed by atoms with Gasteiger partial charge in [-0.15, -0.1) is 0 Å². The summed E-state index contributed by atoms with van der Waals surface area (Å²) in [5, 5.41) is 10.2. The lowest BCUT2D eigenvalue weighted by Gasteiger charge is -2.22. The first kappa shape index (κ1) is 16.4. The van der Waals surface area contributed by atoms with Crippen molar-refractivity contribution in [3.05, 3.63) is 35.4 Å². The lowest BCUT2D eigenvalue weighted by molar-refractivity contribution is -0.133. The van der Waals surface area contributed by atoms with E-state index in [9.17, 15) is 9.90 Å². The molecule has 1 atom stereocenters. The number of hydrogen-bond donors (Lipinski definition) is 2. The minimum absolute atomic E-state index is 0.226. The molecule has 2 aliphatic rings. The Balaban J connectivity index is 1.56. The van der Waals surface area contributed by atoms with E-state index in [1.807, 2.05) is 4.90 Å². The van der Waals surface area contributed by atoms with Gasteiger partial charge in [0.05, 0.1) is 6.10 Å². The number of aliphatic hydroxyl groups excluding tert-OH is 1. The molecule has 1 saturated carbocycles. The number of aliphatic hydroxyl groups is 1. The van der Waals surface area contributed by atoms with E-state index in [4.69, 9.17) is 5.73 Å². The van der Waals surface area contributed by atoms with E-state index in [0.717, 1.165) is 38.9 Å². The van der Waals surface area contributed by atoms with Gasteiger partial charge in [0, 0.05) is 38.6 Å². The van der Waals surface area contributed by atoms with Gasteiger partial charge in [0.15, 0.2) is 0 Å². The zero-order valence-corrected chi connectivity index (χ0v) is 13.7. The van der Waals surface area contributed by atoms with Crippen LogP contribution in [0, 0.1) is 5.92 Å². The minimum atomic E-state index is -0.461. The van der Waals surface area contributed by atoms with E-state index in [-0.39, 0.29) is 11.8 Å². The second-order valence-electron chi connectivity index (χ2n) is 6.80. The molecule has 1 saturated heterocycles. The number of hydrogen-bond acceptors (Lipinski definition) is 4. The standard InChI is InChI=1S/C18H27N3O2/c19-8-7-14-1-3-15(4-2-14)11-20-9-10-21(13-17(22)12-20)18(23)16-5-6-16/h1-4,16-17,22H,5-13,19H2/t17-/m0/s1. The molecule has 0 bridgehead atoms. The van der Waals surface area contributed by atoms with E-state index < -0.39 is 6.10 Å². The van der Waals surface area contributed by atoms with Crippen LogP contribution in [0.2, 0.25) is 0 Å². The molecule has 3 N–H and O–H groups in total. The van der Waals surface area contributed by atoms with Crippen LogP contribution in [-0.2, 0) is 17.8 Å². The average Bonchev–Trinajstić information content (AvgIpc) is 3.37. The Bertz CT molecular complexity index is 528. The Morgan fingerprint density at radius 3 is 2.48 bits per heavy atom. The first-order valence-electron chi connectivity index (χ1n) is 8.63. The van der Waals surface area contributed by atoms with Crippen molar-refractivity contribution >= 4 is 5.91 Å². The van der Waals surface area contributed by atoms with Crippen LogP contribution in [0.3, 0.4) is 0 Å². The van der Waals surface area contributed by atoms with Crippen LogP contribution in [0.25, 0.3) is 0 Å². The van der Waals surface area contributed by atoms with Crippen LogP contribution in [-0.4, -0.2) is 59.6 Å². The second kappa shape index (κ2) is 7.43. The lowest BCUT2D eigenvalue weighted by Crippen LogP contribution is -2.38. The highest BCUT2D eigenvalue weighted by molar-refractivity contribution is 5.81. The van der Waals surface area contributed by atoms with Crippen molar-refractivity contribution in [3.63, 3.8) is 0 Å². The SMILES string of the molecule is NCCc1ccc(CN2CCN(C(=O)C3CC3)C[C@@H](O)C2)cc1. The fourth-order valence-corrected chi connectivity index (χ4v) is 3.22. The van der Waals surface area contributed by atoms with Crippen LogP contribution in [0.1, 0.15) is 24.0 Å². The molecule has 126 valence electrons. The molecule has 0 spiro atoms. The molecule has 23 heavy (non-hydrogen) atoms. The van der Waals surface area contributed by atoms with Gasteiger partial charge in [0.25, 0.3) is 0 Å². The fourth-order valence-electron chi connectivity index (χ4n) is 3.22. The Hall–Kier alpha value is -1.43. The van der Waals surface area contributed by atoms with Crippen molar-refractivity contribution in [3.8, 4) is 0 Å². The number of rotatable bonds is 5. The molecule has 1 aliphatic heterocycles. The van der Waals surface area contributed by atoms with Crippen LogP contribution in [0.5, 0.6) is 0 Å². The normalized spacial score (nSPS) is 22.9. The predicted molar refractivity (Wildman–Crippen MR) is 89.8 cm³/mol. The minimum Gasteiger partial charge on any atom is -0.390 e. The van der Waals surface area contributed by atoms with Crippen LogP contribution < -0.4 is 5.73 Å². The maximum Gasteiger partial charge on any atom is 0.225 e. The Labute approximate surface area is 138 Å². The van der Waals surface area contributed by atoms with E-state index in [1.165, 1.54) is 11.1 Å². The van der Waals surface area contributed by atoms with Gasteiger partial charge in [-0.25, -0.2) is 0 Å². The molecular weight excluding hydrogens is 290 g/mol. The number of nitrogens with two attached hydrogens (primary N) is 1. The summed E-state index contributed by atoms with van der Waals surface area (Å²) in [6.45, 7) is 4.12. The van der Waals surface area contributed by atoms with Crippen molar-refractivity contribution in [2.45, 2.75) is 31.9 Å². The summed E-state index contributed by atoms with van der Waals surface area (Å²) in [5.41, 5.74) is 8.07. The fraction of sp³-hybridized carbons (Fsp3) is 0.611. The third-order valence-corrected chi connectivity index (χ3v) is 4.69. The highest BCUT2D eigenvalue weighted by atomic mass is 16.3. The van der Waals surface area contributed by atoms with Crippen molar-refractivity contribution in [2.75, 3.05) is 32.7 Å². The molecule has 1 aromatic rings. The Morgan fingerprint density at radius 2 is 1.83 bits per heavy atom. The van der Waals surface area contributed by atoms with Gasteiger partial charge in [-0.05, 0) is 36.9 Å². The van der Waals surface area contributed by atoms with Gasteiger partial charge in [-0.1, -0.05) is 24.3 Å². The molecule has 1 amide bonds. The second-order valence-corrected chi connectivity index (χ2v) is 6.80. The molecule has 1 aliphatic carbocycles. The largest absolute Gasteiger partial charge is 0.390 e.